The zero-order valence-electron chi connectivity index (χ0n) is 13.0. The van der Waals surface area contributed by atoms with Gasteiger partial charge >= 0.3 is 0 Å². The monoisotopic (exact) mass is 286 g/mol. The first-order valence-electron chi connectivity index (χ1n) is 7.57. The summed E-state index contributed by atoms with van der Waals surface area (Å²) in [4.78, 5) is 4.49. The number of likely N-dealkylation sites (N-methyl/N-ethyl adjacent to an activating group) is 1. The lowest BCUT2D eigenvalue weighted by atomic mass is 9.99. The van der Waals surface area contributed by atoms with Crippen LogP contribution in [0.3, 0.4) is 0 Å². The van der Waals surface area contributed by atoms with Crippen molar-refractivity contribution in [3.8, 4) is 0 Å². The number of nitrogens with one attached hydrogen (secondary N) is 1. The van der Waals surface area contributed by atoms with Gasteiger partial charge in [0.2, 0.25) is 0 Å². The number of aromatic nitrogens is 1. The predicted molar refractivity (Wildman–Crippen MR) is 84.9 cm³/mol. The van der Waals surface area contributed by atoms with Gasteiger partial charge < -0.3 is 5.32 Å². The molecule has 1 atom stereocenters. The van der Waals surface area contributed by atoms with Gasteiger partial charge in [0.05, 0.1) is 0 Å². The van der Waals surface area contributed by atoms with E-state index in [0.29, 0.717) is 6.42 Å². The second kappa shape index (κ2) is 7.32. The van der Waals surface area contributed by atoms with Gasteiger partial charge in [0.15, 0.2) is 0 Å². The summed E-state index contributed by atoms with van der Waals surface area (Å²) in [5.74, 6) is -0.156. The number of aryl methyl sites for hydroxylation is 2. The van der Waals surface area contributed by atoms with Crippen LogP contribution >= 0.6 is 0 Å². The third-order valence-corrected chi connectivity index (χ3v) is 3.68. The Balaban J connectivity index is 2.23. The predicted octanol–water partition coefficient (Wildman–Crippen LogP) is 3.98. The summed E-state index contributed by atoms with van der Waals surface area (Å²) in [5.41, 5.74) is 4.00. The first kappa shape index (κ1) is 15.6. The quantitative estimate of drug-likeness (QED) is 0.868. The molecule has 0 spiro atoms. The standard InChI is InChI=1S/C18H23FN2/c1-4-14-7-8-15(21-12-14)11-18(20-5-2)16-10-13(3)6-9-17(16)19/h6-10,12,18,20H,4-5,11H2,1-3H3. The zero-order valence-corrected chi connectivity index (χ0v) is 13.0. The molecule has 1 N–H and O–H groups in total. The van der Waals surface area contributed by atoms with Crippen molar-refractivity contribution in [2.75, 3.05) is 6.54 Å². The van der Waals surface area contributed by atoms with E-state index in [4.69, 9.17) is 0 Å². The molecule has 1 aromatic carbocycles. The van der Waals surface area contributed by atoms with Crippen LogP contribution in [0, 0.1) is 12.7 Å². The Kier molecular flexibility index (Phi) is 5.45. The first-order chi connectivity index (χ1) is 10.1. The van der Waals surface area contributed by atoms with Crippen molar-refractivity contribution in [3.05, 3.63) is 64.7 Å². The minimum atomic E-state index is -0.156. The SMILES string of the molecule is CCNC(Cc1ccc(CC)cn1)c1cc(C)ccc1F. The Bertz CT molecular complexity index is 578. The van der Waals surface area contributed by atoms with Crippen LogP contribution < -0.4 is 5.32 Å². The number of halogens is 1. The average molecular weight is 286 g/mol. The van der Waals surface area contributed by atoms with Crippen molar-refractivity contribution in [1.82, 2.24) is 10.3 Å². The van der Waals surface area contributed by atoms with E-state index in [9.17, 15) is 4.39 Å². The normalized spacial score (nSPS) is 12.4. The van der Waals surface area contributed by atoms with Crippen LogP contribution in [0.4, 0.5) is 4.39 Å². The Morgan fingerprint density at radius 3 is 2.62 bits per heavy atom. The van der Waals surface area contributed by atoms with Gasteiger partial charge in [-0.2, -0.15) is 0 Å². The van der Waals surface area contributed by atoms with Crippen LogP contribution in [-0.4, -0.2) is 11.5 Å². The molecular formula is C18H23FN2. The Labute approximate surface area is 126 Å². The molecule has 0 radical (unpaired) electrons. The van der Waals surface area contributed by atoms with E-state index in [0.717, 1.165) is 29.8 Å². The maximum atomic E-state index is 14.1. The van der Waals surface area contributed by atoms with Crippen LogP contribution in [0.15, 0.2) is 36.5 Å². The van der Waals surface area contributed by atoms with Gasteiger partial charge in [0, 0.05) is 29.9 Å². The lowest BCUT2D eigenvalue weighted by Crippen LogP contribution is -2.24. The number of hydrogen-bond acceptors (Lipinski definition) is 2. The summed E-state index contributed by atoms with van der Waals surface area (Å²) < 4.78 is 14.1. The number of rotatable bonds is 6. The van der Waals surface area contributed by atoms with Crippen molar-refractivity contribution in [1.29, 1.82) is 0 Å². The summed E-state index contributed by atoms with van der Waals surface area (Å²) >= 11 is 0. The zero-order chi connectivity index (χ0) is 15.2. The number of benzene rings is 1. The summed E-state index contributed by atoms with van der Waals surface area (Å²) in [7, 11) is 0. The van der Waals surface area contributed by atoms with E-state index < -0.39 is 0 Å². The van der Waals surface area contributed by atoms with Gasteiger partial charge in [-0.3, -0.25) is 4.98 Å². The second-order valence-corrected chi connectivity index (χ2v) is 5.35. The van der Waals surface area contributed by atoms with E-state index >= 15 is 0 Å². The number of pyridine rings is 1. The summed E-state index contributed by atoms with van der Waals surface area (Å²) in [5, 5.41) is 3.36. The first-order valence-corrected chi connectivity index (χ1v) is 7.57. The van der Waals surface area contributed by atoms with E-state index in [1.807, 2.05) is 32.2 Å². The van der Waals surface area contributed by atoms with Crippen LogP contribution in [0.1, 0.15) is 42.3 Å². The summed E-state index contributed by atoms with van der Waals surface area (Å²) in [6, 6.07) is 9.35. The lowest BCUT2D eigenvalue weighted by Gasteiger charge is -2.19. The third kappa shape index (κ3) is 4.11. The summed E-state index contributed by atoms with van der Waals surface area (Å²) in [6.45, 7) is 6.93. The van der Waals surface area contributed by atoms with Crippen LogP contribution in [0.5, 0.6) is 0 Å². The Morgan fingerprint density at radius 1 is 1.19 bits per heavy atom. The average Bonchev–Trinajstić information content (AvgIpc) is 2.50. The molecular weight excluding hydrogens is 263 g/mol. The molecule has 1 heterocycles. The second-order valence-electron chi connectivity index (χ2n) is 5.35. The molecule has 3 heteroatoms. The van der Waals surface area contributed by atoms with E-state index in [1.165, 1.54) is 5.56 Å². The molecule has 21 heavy (non-hydrogen) atoms. The van der Waals surface area contributed by atoms with Crippen molar-refractivity contribution in [2.24, 2.45) is 0 Å². The Hall–Kier alpha value is -1.74. The molecule has 0 aliphatic heterocycles. The van der Waals surface area contributed by atoms with E-state index in [-0.39, 0.29) is 11.9 Å². The van der Waals surface area contributed by atoms with Crippen LogP contribution in [0.2, 0.25) is 0 Å². The van der Waals surface area contributed by atoms with Gasteiger partial charge in [-0.25, -0.2) is 4.39 Å². The van der Waals surface area contributed by atoms with Crippen molar-refractivity contribution < 1.29 is 4.39 Å². The van der Waals surface area contributed by atoms with Gasteiger partial charge in [0.1, 0.15) is 5.82 Å². The molecule has 0 fully saturated rings. The fourth-order valence-electron chi connectivity index (χ4n) is 2.46. The molecule has 2 nitrogen and oxygen atoms in total. The highest BCUT2D eigenvalue weighted by Crippen LogP contribution is 2.22. The fraction of sp³-hybridized carbons (Fsp3) is 0.389. The highest BCUT2D eigenvalue weighted by Gasteiger charge is 2.16. The molecule has 0 saturated carbocycles. The molecule has 112 valence electrons. The molecule has 0 bridgehead atoms. The van der Waals surface area contributed by atoms with Crippen molar-refractivity contribution >= 4 is 0 Å². The van der Waals surface area contributed by atoms with Gasteiger partial charge in [-0.1, -0.05) is 37.6 Å². The molecule has 0 saturated heterocycles. The summed E-state index contributed by atoms with van der Waals surface area (Å²) in [6.07, 6.45) is 3.58. The van der Waals surface area contributed by atoms with Crippen LogP contribution in [-0.2, 0) is 12.8 Å². The van der Waals surface area contributed by atoms with Crippen molar-refractivity contribution in [3.63, 3.8) is 0 Å². The fourth-order valence-corrected chi connectivity index (χ4v) is 2.46. The molecule has 2 rings (SSSR count). The maximum Gasteiger partial charge on any atom is 0.128 e. The Morgan fingerprint density at radius 2 is 2.00 bits per heavy atom. The van der Waals surface area contributed by atoms with Gasteiger partial charge in [0.25, 0.3) is 0 Å². The number of nitrogens with zero attached hydrogens (tertiary/aromatic N) is 1. The number of hydrogen-bond donors (Lipinski definition) is 1. The molecule has 0 amide bonds. The molecule has 0 aliphatic carbocycles. The minimum absolute atomic E-state index is 0.0464. The van der Waals surface area contributed by atoms with E-state index in [1.54, 1.807) is 12.1 Å². The van der Waals surface area contributed by atoms with Gasteiger partial charge in [-0.15, -0.1) is 0 Å². The minimum Gasteiger partial charge on any atom is -0.310 e. The lowest BCUT2D eigenvalue weighted by molar-refractivity contribution is 0.505. The molecule has 1 aromatic heterocycles. The van der Waals surface area contributed by atoms with Gasteiger partial charge in [-0.05, 0) is 37.6 Å². The molecule has 1 unspecified atom stereocenters. The van der Waals surface area contributed by atoms with Crippen LogP contribution in [0.25, 0.3) is 0 Å². The smallest absolute Gasteiger partial charge is 0.128 e. The third-order valence-electron chi connectivity index (χ3n) is 3.68. The molecule has 0 aliphatic rings. The highest BCUT2D eigenvalue weighted by molar-refractivity contribution is 5.28. The topological polar surface area (TPSA) is 24.9 Å². The molecule has 2 aromatic rings. The maximum absolute atomic E-state index is 14.1. The van der Waals surface area contributed by atoms with Crippen molar-refractivity contribution in [2.45, 2.75) is 39.7 Å². The highest BCUT2D eigenvalue weighted by atomic mass is 19.1. The largest absolute Gasteiger partial charge is 0.310 e. The van der Waals surface area contributed by atoms with E-state index in [2.05, 4.69) is 23.3 Å².